The van der Waals surface area contributed by atoms with Gasteiger partial charge in [0, 0.05) is 5.41 Å². The number of rotatable bonds is 12. The van der Waals surface area contributed by atoms with E-state index in [0.29, 0.717) is 29.6 Å². The van der Waals surface area contributed by atoms with Crippen molar-refractivity contribution in [2.75, 3.05) is 21.3 Å². The first-order chi connectivity index (χ1) is 18.9. The Morgan fingerprint density at radius 1 is 0.718 bits per heavy atom. The van der Waals surface area contributed by atoms with Gasteiger partial charge >= 0.3 is 5.97 Å². The highest BCUT2D eigenvalue weighted by molar-refractivity contribution is 5.74. The predicted octanol–water partition coefficient (Wildman–Crippen LogP) is 6.54. The van der Waals surface area contributed by atoms with Crippen LogP contribution in [0.5, 0.6) is 23.0 Å². The van der Waals surface area contributed by atoms with Crippen molar-refractivity contribution in [2.24, 2.45) is 5.92 Å². The Morgan fingerprint density at radius 3 is 1.77 bits per heavy atom. The molecule has 0 aromatic heterocycles. The SMILES string of the molecule is COc1ccc(C(C)(c2ccc(OC)cc2)C(Cc2ccc(OCc3ccccc3)c(OC)c2)C(=O)O)cc1. The van der Waals surface area contributed by atoms with Crippen LogP contribution in [0.25, 0.3) is 0 Å². The van der Waals surface area contributed by atoms with Crippen molar-refractivity contribution in [3.8, 4) is 23.0 Å². The highest BCUT2D eigenvalue weighted by atomic mass is 16.5. The summed E-state index contributed by atoms with van der Waals surface area (Å²) in [7, 11) is 4.80. The van der Waals surface area contributed by atoms with Crippen molar-refractivity contribution >= 4 is 5.97 Å². The molecule has 0 saturated heterocycles. The van der Waals surface area contributed by atoms with Crippen LogP contribution in [0.4, 0.5) is 0 Å². The van der Waals surface area contributed by atoms with Crippen LogP contribution in [-0.4, -0.2) is 32.4 Å². The number of hydrogen-bond acceptors (Lipinski definition) is 5. The molecule has 6 nitrogen and oxygen atoms in total. The maximum Gasteiger partial charge on any atom is 0.308 e. The molecule has 1 unspecified atom stereocenters. The number of methoxy groups -OCH3 is 3. The summed E-state index contributed by atoms with van der Waals surface area (Å²) in [5.74, 6) is 0.887. The molecule has 4 aromatic rings. The molecule has 0 saturated carbocycles. The lowest BCUT2D eigenvalue weighted by atomic mass is 9.65. The second-order valence-corrected chi connectivity index (χ2v) is 9.51. The van der Waals surface area contributed by atoms with Gasteiger partial charge < -0.3 is 24.1 Å². The topological polar surface area (TPSA) is 74.2 Å². The van der Waals surface area contributed by atoms with Crippen molar-refractivity contribution in [1.29, 1.82) is 0 Å². The molecule has 0 aliphatic rings. The zero-order valence-corrected chi connectivity index (χ0v) is 22.7. The van der Waals surface area contributed by atoms with Crippen LogP contribution in [0.15, 0.2) is 97.1 Å². The molecule has 6 heteroatoms. The number of benzene rings is 4. The van der Waals surface area contributed by atoms with Crippen LogP contribution < -0.4 is 18.9 Å². The molecule has 39 heavy (non-hydrogen) atoms. The zero-order valence-electron chi connectivity index (χ0n) is 22.7. The Balaban J connectivity index is 1.69. The van der Waals surface area contributed by atoms with Crippen molar-refractivity contribution < 1.29 is 28.8 Å². The summed E-state index contributed by atoms with van der Waals surface area (Å²) in [6, 6.07) is 30.7. The minimum Gasteiger partial charge on any atom is -0.497 e. The minimum absolute atomic E-state index is 0.277. The summed E-state index contributed by atoms with van der Waals surface area (Å²) in [5.41, 5.74) is 2.76. The van der Waals surface area contributed by atoms with Gasteiger partial charge in [0.05, 0.1) is 27.2 Å². The maximum atomic E-state index is 12.9. The Morgan fingerprint density at radius 2 is 1.28 bits per heavy atom. The quantitative estimate of drug-likeness (QED) is 0.226. The van der Waals surface area contributed by atoms with Crippen LogP contribution in [0.3, 0.4) is 0 Å². The summed E-state index contributed by atoms with van der Waals surface area (Å²) < 4.78 is 22.3. The van der Waals surface area contributed by atoms with Gasteiger partial charge in [-0.2, -0.15) is 0 Å². The highest BCUT2D eigenvalue weighted by Gasteiger charge is 2.42. The van der Waals surface area contributed by atoms with Gasteiger partial charge in [0.1, 0.15) is 18.1 Å². The number of carboxylic acids is 1. The largest absolute Gasteiger partial charge is 0.497 e. The molecule has 1 N–H and O–H groups in total. The Hall–Kier alpha value is -4.45. The van der Waals surface area contributed by atoms with Gasteiger partial charge in [-0.15, -0.1) is 0 Å². The molecule has 0 fully saturated rings. The van der Waals surface area contributed by atoms with Crippen molar-refractivity contribution in [3.05, 3.63) is 119 Å². The summed E-state index contributed by atoms with van der Waals surface area (Å²) in [6.07, 6.45) is 0.277. The molecule has 0 amide bonds. The van der Waals surface area contributed by atoms with E-state index in [4.69, 9.17) is 18.9 Å². The fourth-order valence-corrected chi connectivity index (χ4v) is 4.91. The van der Waals surface area contributed by atoms with E-state index in [1.54, 1.807) is 21.3 Å². The van der Waals surface area contributed by atoms with E-state index in [0.717, 1.165) is 22.3 Å². The van der Waals surface area contributed by atoms with E-state index in [9.17, 15) is 9.90 Å². The number of ether oxygens (including phenoxy) is 4. The summed E-state index contributed by atoms with van der Waals surface area (Å²) >= 11 is 0. The molecule has 0 spiro atoms. The molecule has 0 heterocycles. The fraction of sp³-hybridized carbons (Fsp3) is 0.242. The van der Waals surface area contributed by atoms with E-state index in [1.165, 1.54) is 0 Å². The average molecular weight is 527 g/mol. The van der Waals surface area contributed by atoms with Crippen molar-refractivity contribution in [2.45, 2.75) is 25.4 Å². The van der Waals surface area contributed by atoms with Gasteiger partial charge in [0.2, 0.25) is 0 Å². The van der Waals surface area contributed by atoms with E-state index >= 15 is 0 Å². The molecule has 202 valence electrons. The van der Waals surface area contributed by atoms with Gasteiger partial charge in [-0.25, -0.2) is 0 Å². The predicted molar refractivity (Wildman–Crippen MR) is 151 cm³/mol. The standard InChI is InChI=1S/C33H34O6/c1-33(25-11-15-27(36-2)16-12-25,26-13-17-28(37-3)18-14-26)29(32(34)35)20-24-10-19-30(31(21-24)38-4)39-22-23-8-6-5-7-9-23/h5-19,21,29H,20,22H2,1-4H3,(H,34,35). The maximum absolute atomic E-state index is 12.9. The van der Waals surface area contributed by atoms with Gasteiger partial charge in [-0.05, 0) is 65.1 Å². The van der Waals surface area contributed by atoms with Crippen LogP contribution in [0, 0.1) is 5.92 Å². The number of carbonyl (C=O) groups is 1. The van der Waals surface area contributed by atoms with Crippen LogP contribution in [0.2, 0.25) is 0 Å². The van der Waals surface area contributed by atoms with E-state index < -0.39 is 17.3 Å². The first-order valence-corrected chi connectivity index (χ1v) is 12.7. The van der Waals surface area contributed by atoms with Crippen molar-refractivity contribution in [1.82, 2.24) is 0 Å². The van der Waals surface area contributed by atoms with Gasteiger partial charge in [-0.1, -0.05) is 67.6 Å². The monoisotopic (exact) mass is 526 g/mol. The third-order valence-corrected chi connectivity index (χ3v) is 7.28. The molecule has 0 bridgehead atoms. The first kappa shape index (κ1) is 27.6. The molecule has 4 aromatic carbocycles. The lowest BCUT2D eigenvalue weighted by molar-refractivity contribution is -0.143. The summed E-state index contributed by atoms with van der Waals surface area (Å²) in [4.78, 5) is 12.9. The van der Waals surface area contributed by atoms with Gasteiger partial charge in [-0.3, -0.25) is 4.79 Å². The first-order valence-electron chi connectivity index (χ1n) is 12.7. The molecular formula is C33H34O6. The molecule has 1 atom stereocenters. The van der Waals surface area contributed by atoms with Crippen LogP contribution >= 0.6 is 0 Å². The van der Waals surface area contributed by atoms with Gasteiger partial charge in [0.25, 0.3) is 0 Å². The molecule has 0 aliphatic heterocycles. The zero-order chi connectivity index (χ0) is 27.8. The number of carboxylic acid groups (broad SMARTS) is 1. The third kappa shape index (κ3) is 6.17. The average Bonchev–Trinajstić information content (AvgIpc) is 2.99. The number of aliphatic carboxylic acids is 1. The summed E-state index contributed by atoms with van der Waals surface area (Å²) in [6.45, 7) is 2.38. The Bertz CT molecular complexity index is 1320. The van der Waals surface area contributed by atoms with Crippen LogP contribution in [-0.2, 0) is 23.2 Å². The molecule has 0 radical (unpaired) electrons. The smallest absolute Gasteiger partial charge is 0.308 e. The normalized spacial score (nSPS) is 11.9. The second-order valence-electron chi connectivity index (χ2n) is 9.51. The lowest BCUT2D eigenvalue weighted by Crippen LogP contribution is -2.40. The summed E-state index contributed by atoms with van der Waals surface area (Å²) in [5, 5.41) is 10.6. The number of hydrogen-bond donors (Lipinski definition) is 1. The Labute approximate surface area is 229 Å². The van der Waals surface area contributed by atoms with E-state index in [-0.39, 0.29) is 6.42 Å². The second kappa shape index (κ2) is 12.4. The molecule has 0 aliphatic carbocycles. The van der Waals surface area contributed by atoms with Gasteiger partial charge in [0.15, 0.2) is 11.5 Å². The van der Waals surface area contributed by atoms with Crippen LogP contribution in [0.1, 0.15) is 29.2 Å². The lowest BCUT2D eigenvalue weighted by Gasteiger charge is -2.37. The van der Waals surface area contributed by atoms with E-state index in [2.05, 4.69) is 0 Å². The Kier molecular flexibility index (Phi) is 8.77. The molecule has 4 rings (SSSR count). The molecular weight excluding hydrogens is 492 g/mol. The fourth-order valence-electron chi connectivity index (χ4n) is 4.91. The van der Waals surface area contributed by atoms with E-state index in [1.807, 2.05) is 104 Å². The minimum atomic E-state index is -0.896. The van der Waals surface area contributed by atoms with Crippen molar-refractivity contribution in [3.63, 3.8) is 0 Å². The third-order valence-electron chi connectivity index (χ3n) is 7.28. The highest BCUT2D eigenvalue weighted by Crippen LogP contribution is 2.43.